The molecule has 0 heterocycles. The van der Waals surface area contributed by atoms with Gasteiger partial charge < -0.3 is 9.79 Å². The Morgan fingerprint density at radius 2 is 2.00 bits per heavy atom. The lowest BCUT2D eigenvalue weighted by molar-refractivity contribution is 0.487. The maximum absolute atomic E-state index is 8.42. The third-order valence-corrected chi connectivity index (χ3v) is 1.43. The van der Waals surface area contributed by atoms with Crippen LogP contribution in [-0.2, 0) is 0 Å². The maximum atomic E-state index is 8.42. The summed E-state index contributed by atoms with van der Waals surface area (Å²) in [5.74, 6) is 0. The van der Waals surface area contributed by atoms with Crippen LogP contribution >= 0.6 is 8.38 Å². The molecule has 0 saturated heterocycles. The molecule has 0 aromatic carbocycles. The molecule has 9 heavy (non-hydrogen) atoms. The van der Waals surface area contributed by atoms with Crippen LogP contribution in [0.2, 0.25) is 0 Å². The molecule has 0 radical (unpaired) electrons. The minimum atomic E-state index is -1.70. The SMILES string of the molecule is CCC/C=C/CP(O)O. The van der Waals surface area contributed by atoms with Gasteiger partial charge in [0.05, 0.1) is 0 Å². The summed E-state index contributed by atoms with van der Waals surface area (Å²) < 4.78 is 0. The Kier molecular flexibility index (Phi) is 6.28. The van der Waals surface area contributed by atoms with E-state index in [0.717, 1.165) is 12.8 Å². The van der Waals surface area contributed by atoms with Crippen LogP contribution in [0.25, 0.3) is 0 Å². The molecule has 0 rings (SSSR count). The fourth-order valence-electron chi connectivity index (χ4n) is 0.453. The summed E-state index contributed by atoms with van der Waals surface area (Å²) in [4.78, 5) is 16.8. The first-order chi connectivity index (χ1) is 4.27. The lowest BCUT2D eigenvalue weighted by Gasteiger charge is -1.93. The van der Waals surface area contributed by atoms with Crippen LogP contribution in [-0.4, -0.2) is 15.9 Å². The molecule has 0 bridgehead atoms. The lowest BCUT2D eigenvalue weighted by Crippen LogP contribution is -1.74. The van der Waals surface area contributed by atoms with E-state index in [1.54, 1.807) is 0 Å². The quantitative estimate of drug-likeness (QED) is 0.470. The molecule has 0 unspecified atom stereocenters. The van der Waals surface area contributed by atoms with Crippen molar-refractivity contribution < 1.29 is 9.79 Å². The first-order valence-corrected chi connectivity index (χ1v) is 4.51. The molecule has 0 amide bonds. The smallest absolute Gasteiger partial charge is 0.168 e. The van der Waals surface area contributed by atoms with Crippen molar-refractivity contribution in [2.45, 2.75) is 19.8 Å². The standard InChI is InChI=1S/C6H13O2P/c1-2-3-4-5-6-9(7)8/h4-5,7-8H,2-3,6H2,1H3/b5-4+. The Morgan fingerprint density at radius 1 is 1.33 bits per heavy atom. The Balaban J connectivity index is 3.04. The topological polar surface area (TPSA) is 40.5 Å². The molecule has 0 aromatic rings. The maximum Gasteiger partial charge on any atom is 0.168 e. The summed E-state index contributed by atoms with van der Waals surface area (Å²) in [5, 5.41) is 0. The minimum absolute atomic E-state index is 0.412. The summed E-state index contributed by atoms with van der Waals surface area (Å²) in [6, 6.07) is 0. The number of hydrogen-bond donors (Lipinski definition) is 2. The number of unbranched alkanes of at least 4 members (excludes halogenated alkanes) is 1. The van der Waals surface area contributed by atoms with Crippen molar-refractivity contribution in [1.29, 1.82) is 0 Å². The van der Waals surface area contributed by atoms with Crippen molar-refractivity contribution in [3.8, 4) is 0 Å². The van der Waals surface area contributed by atoms with Gasteiger partial charge in [0.25, 0.3) is 0 Å². The zero-order valence-corrected chi connectivity index (χ0v) is 6.51. The second-order valence-electron chi connectivity index (χ2n) is 1.81. The van der Waals surface area contributed by atoms with Crippen molar-refractivity contribution in [2.24, 2.45) is 0 Å². The van der Waals surface area contributed by atoms with Crippen molar-refractivity contribution in [3.05, 3.63) is 12.2 Å². The van der Waals surface area contributed by atoms with E-state index in [9.17, 15) is 0 Å². The predicted octanol–water partition coefficient (Wildman–Crippen LogP) is 1.64. The van der Waals surface area contributed by atoms with E-state index < -0.39 is 8.38 Å². The fourth-order valence-corrected chi connectivity index (χ4v) is 0.791. The lowest BCUT2D eigenvalue weighted by atomic mass is 10.3. The van der Waals surface area contributed by atoms with Gasteiger partial charge in [0.15, 0.2) is 8.38 Å². The van der Waals surface area contributed by atoms with E-state index in [1.807, 2.05) is 12.2 Å². The van der Waals surface area contributed by atoms with Gasteiger partial charge in [-0.2, -0.15) is 0 Å². The fraction of sp³-hybridized carbons (Fsp3) is 0.667. The van der Waals surface area contributed by atoms with Gasteiger partial charge >= 0.3 is 0 Å². The van der Waals surface area contributed by atoms with Crippen LogP contribution in [0, 0.1) is 0 Å². The minimum Gasteiger partial charge on any atom is -0.350 e. The highest BCUT2D eigenvalue weighted by Gasteiger charge is 1.89. The highest BCUT2D eigenvalue weighted by atomic mass is 31.2. The zero-order chi connectivity index (χ0) is 7.11. The molecule has 0 aromatic heterocycles. The molecule has 0 spiro atoms. The van der Waals surface area contributed by atoms with Gasteiger partial charge in [0.1, 0.15) is 0 Å². The van der Waals surface area contributed by atoms with Gasteiger partial charge in [-0.05, 0) is 6.42 Å². The molecule has 0 fully saturated rings. The molecule has 54 valence electrons. The van der Waals surface area contributed by atoms with E-state index in [0.29, 0.717) is 6.16 Å². The zero-order valence-electron chi connectivity index (χ0n) is 5.62. The molecule has 0 aliphatic heterocycles. The Bertz CT molecular complexity index is 81.1. The molecular formula is C6H13O2P. The largest absolute Gasteiger partial charge is 0.350 e. The predicted molar refractivity (Wildman–Crippen MR) is 40.3 cm³/mol. The third-order valence-electron chi connectivity index (χ3n) is 0.891. The van der Waals surface area contributed by atoms with E-state index in [-0.39, 0.29) is 0 Å². The van der Waals surface area contributed by atoms with Crippen molar-refractivity contribution >= 4 is 8.38 Å². The molecule has 3 heteroatoms. The molecular weight excluding hydrogens is 135 g/mol. The Morgan fingerprint density at radius 3 is 2.44 bits per heavy atom. The van der Waals surface area contributed by atoms with Crippen molar-refractivity contribution in [2.75, 3.05) is 6.16 Å². The summed E-state index contributed by atoms with van der Waals surface area (Å²) in [6.07, 6.45) is 6.35. The highest BCUT2D eigenvalue weighted by Crippen LogP contribution is 2.21. The van der Waals surface area contributed by atoms with E-state index >= 15 is 0 Å². The Hall–Kier alpha value is 0.0900. The van der Waals surface area contributed by atoms with Gasteiger partial charge in [-0.3, -0.25) is 0 Å². The van der Waals surface area contributed by atoms with Crippen LogP contribution in [0.4, 0.5) is 0 Å². The van der Waals surface area contributed by atoms with Crippen LogP contribution < -0.4 is 0 Å². The first kappa shape index (κ1) is 9.09. The molecule has 0 saturated carbocycles. The normalized spacial score (nSPS) is 11.6. The second kappa shape index (κ2) is 6.21. The van der Waals surface area contributed by atoms with Crippen molar-refractivity contribution in [3.63, 3.8) is 0 Å². The average Bonchev–Trinajstić information content (AvgIpc) is 1.80. The molecule has 0 aliphatic carbocycles. The van der Waals surface area contributed by atoms with Crippen LogP contribution in [0.1, 0.15) is 19.8 Å². The average molecular weight is 148 g/mol. The van der Waals surface area contributed by atoms with Gasteiger partial charge in [-0.25, -0.2) is 0 Å². The Labute approximate surface area is 57.1 Å². The monoisotopic (exact) mass is 148 g/mol. The third kappa shape index (κ3) is 8.09. The van der Waals surface area contributed by atoms with Gasteiger partial charge in [-0.1, -0.05) is 25.5 Å². The van der Waals surface area contributed by atoms with Crippen LogP contribution in [0.3, 0.4) is 0 Å². The first-order valence-electron chi connectivity index (χ1n) is 3.07. The van der Waals surface area contributed by atoms with Crippen molar-refractivity contribution in [1.82, 2.24) is 0 Å². The molecule has 0 atom stereocenters. The summed E-state index contributed by atoms with van der Waals surface area (Å²) in [6.45, 7) is 2.09. The van der Waals surface area contributed by atoms with Gasteiger partial charge in [0.2, 0.25) is 0 Å². The number of rotatable bonds is 4. The van der Waals surface area contributed by atoms with Gasteiger partial charge in [-0.15, -0.1) is 0 Å². The van der Waals surface area contributed by atoms with Crippen LogP contribution in [0.15, 0.2) is 12.2 Å². The van der Waals surface area contributed by atoms with Gasteiger partial charge in [0, 0.05) is 6.16 Å². The summed E-state index contributed by atoms with van der Waals surface area (Å²) in [5.41, 5.74) is 0. The van der Waals surface area contributed by atoms with E-state index in [1.165, 1.54) is 0 Å². The summed E-state index contributed by atoms with van der Waals surface area (Å²) in [7, 11) is -1.70. The molecule has 2 nitrogen and oxygen atoms in total. The van der Waals surface area contributed by atoms with E-state index in [4.69, 9.17) is 9.79 Å². The number of hydrogen-bond acceptors (Lipinski definition) is 2. The summed E-state index contributed by atoms with van der Waals surface area (Å²) >= 11 is 0. The number of allylic oxidation sites excluding steroid dienone is 2. The molecule has 0 aliphatic rings. The van der Waals surface area contributed by atoms with Crippen LogP contribution in [0.5, 0.6) is 0 Å². The highest BCUT2D eigenvalue weighted by molar-refractivity contribution is 7.45. The second-order valence-corrected chi connectivity index (χ2v) is 2.92. The van der Waals surface area contributed by atoms with E-state index in [2.05, 4.69) is 6.92 Å². The molecule has 2 N–H and O–H groups in total.